The molecule has 1 aromatic rings. The van der Waals surface area contributed by atoms with Gasteiger partial charge in [0.15, 0.2) is 0 Å². The molecule has 0 radical (unpaired) electrons. The minimum absolute atomic E-state index is 0.156. The summed E-state index contributed by atoms with van der Waals surface area (Å²) in [4.78, 5) is 1.17. The van der Waals surface area contributed by atoms with Gasteiger partial charge in [0.2, 0.25) is 0 Å². The van der Waals surface area contributed by atoms with E-state index in [4.69, 9.17) is 0 Å². The lowest BCUT2D eigenvalue weighted by Gasteiger charge is -2.34. The predicted molar refractivity (Wildman–Crippen MR) is 71.9 cm³/mol. The van der Waals surface area contributed by atoms with Crippen LogP contribution in [0.25, 0.3) is 0 Å². The Kier molecular flexibility index (Phi) is 4.46. The van der Waals surface area contributed by atoms with Crippen LogP contribution in [-0.4, -0.2) is 18.3 Å². The topological polar surface area (TPSA) is 12.0 Å². The Hall–Kier alpha value is -0.540. The SMILES string of the molecule is CNC1CCC(C)CC1Sc1ccc(F)cc1. The Morgan fingerprint density at radius 1 is 1.24 bits per heavy atom. The lowest BCUT2D eigenvalue weighted by molar-refractivity contribution is 0.329. The molecule has 94 valence electrons. The quantitative estimate of drug-likeness (QED) is 0.881. The first-order valence-corrected chi connectivity index (χ1v) is 7.16. The molecule has 0 aromatic heterocycles. The number of hydrogen-bond donors (Lipinski definition) is 1. The summed E-state index contributed by atoms with van der Waals surface area (Å²) in [5, 5.41) is 4.02. The Morgan fingerprint density at radius 3 is 2.59 bits per heavy atom. The summed E-state index contributed by atoms with van der Waals surface area (Å²) in [5.41, 5.74) is 0. The van der Waals surface area contributed by atoms with Gasteiger partial charge < -0.3 is 5.32 Å². The first-order chi connectivity index (χ1) is 8.19. The highest BCUT2D eigenvalue weighted by atomic mass is 32.2. The van der Waals surface area contributed by atoms with Gasteiger partial charge in [0.05, 0.1) is 0 Å². The van der Waals surface area contributed by atoms with E-state index in [1.54, 1.807) is 12.1 Å². The molecule has 0 heterocycles. The van der Waals surface area contributed by atoms with Crippen LogP contribution in [0.15, 0.2) is 29.2 Å². The van der Waals surface area contributed by atoms with Crippen LogP contribution in [0.5, 0.6) is 0 Å². The van der Waals surface area contributed by atoms with Crippen LogP contribution in [0.1, 0.15) is 26.2 Å². The van der Waals surface area contributed by atoms with Gasteiger partial charge in [-0.15, -0.1) is 11.8 Å². The van der Waals surface area contributed by atoms with Gasteiger partial charge in [-0.3, -0.25) is 0 Å². The monoisotopic (exact) mass is 253 g/mol. The summed E-state index contributed by atoms with van der Waals surface area (Å²) in [6, 6.07) is 7.44. The van der Waals surface area contributed by atoms with Gasteiger partial charge in [-0.2, -0.15) is 0 Å². The third-order valence-corrected chi connectivity index (χ3v) is 4.89. The van der Waals surface area contributed by atoms with E-state index >= 15 is 0 Å². The molecule has 1 aliphatic rings. The van der Waals surface area contributed by atoms with E-state index in [1.807, 2.05) is 30.9 Å². The van der Waals surface area contributed by atoms with E-state index < -0.39 is 0 Å². The third kappa shape index (κ3) is 3.46. The maximum Gasteiger partial charge on any atom is 0.123 e. The van der Waals surface area contributed by atoms with Crippen molar-refractivity contribution in [3.63, 3.8) is 0 Å². The number of nitrogens with one attached hydrogen (secondary N) is 1. The highest BCUT2D eigenvalue weighted by molar-refractivity contribution is 8.00. The molecule has 17 heavy (non-hydrogen) atoms. The predicted octanol–water partition coefficient (Wildman–Crippen LogP) is 3.69. The molecule has 2 rings (SSSR count). The molecule has 0 amide bonds. The van der Waals surface area contributed by atoms with Crippen molar-refractivity contribution in [1.82, 2.24) is 5.32 Å². The largest absolute Gasteiger partial charge is 0.316 e. The normalized spacial score (nSPS) is 29.2. The van der Waals surface area contributed by atoms with Gasteiger partial charge in [-0.25, -0.2) is 4.39 Å². The molecule has 1 fully saturated rings. The van der Waals surface area contributed by atoms with Crippen LogP contribution in [0.4, 0.5) is 4.39 Å². The van der Waals surface area contributed by atoms with E-state index in [1.165, 1.54) is 24.2 Å². The summed E-state index contributed by atoms with van der Waals surface area (Å²) in [5.74, 6) is 0.647. The van der Waals surface area contributed by atoms with Gasteiger partial charge in [0, 0.05) is 16.2 Å². The number of hydrogen-bond acceptors (Lipinski definition) is 2. The van der Waals surface area contributed by atoms with E-state index in [2.05, 4.69) is 12.2 Å². The Labute approximate surface area is 107 Å². The van der Waals surface area contributed by atoms with Crippen LogP contribution in [0.3, 0.4) is 0 Å². The van der Waals surface area contributed by atoms with Gasteiger partial charge in [0.25, 0.3) is 0 Å². The van der Waals surface area contributed by atoms with E-state index in [-0.39, 0.29) is 5.82 Å². The fraction of sp³-hybridized carbons (Fsp3) is 0.571. The summed E-state index contributed by atoms with van der Waals surface area (Å²) in [6.45, 7) is 2.32. The van der Waals surface area contributed by atoms with Crippen molar-refractivity contribution < 1.29 is 4.39 Å². The molecule has 3 heteroatoms. The number of thioether (sulfide) groups is 1. The molecule has 3 atom stereocenters. The lowest BCUT2D eigenvalue weighted by Crippen LogP contribution is -2.40. The fourth-order valence-electron chi connectivity index (χ4n) is 2.48. The van der Waals surface area contributed by atoms with E-state index in [0.717, 1.165) is 5.92 Å². The number of rotatable bonds is 3. The highest BCUT2D eigenvalue weighted by Crippen LogP contribution is 2.36. The van der Waals surface area contributed by atoms with Gasteiger partial charge in [-0.1, -0.05) is 6.92 Å². The van der Waals surface area contributed by atoms with Crippen LogP contribution < -0.4 is 5.32 Å². The molecule has 3 unspecified atom stereocenters. The van der Waals surface area contributed by atoms with Crippen LogP contribution in [0.2, 0.25) is 0 Å². The zero-order chi connectivity index (χ0) is 12.3. The van der Waals surface area contributed by atoms with Crippen molar-refractivity contribution in [1.29, 1.82) is 0 Å². The molecule has 0 bridgehead atoms. The van der Waals surface area contributed by atoms with Crippen molar-refractivity contribution in [3.05, 3.63) is 30.1 Å². The van der Waals surface area contributed by atoms with Crippen LogP contribution >= 0.6 is 11.8 Å². The van der Waals surface area contributed by atoms with Gasteiger partial charge in [0.1, 0.15) is 5.82 Å². The zero-order valence-electron chi connectivity index (χ0n) is 10.4. The van der Waals surface area contributed by atoms with E-state index in [9.17, 15) is 4.39 Å². The second-order valence-corrected chi connectivity index (χ2v) is 6.24. The number of halogens is 1. The smallest absolute Gasteiger partial charge is 0.123 e. The number of benzene rings is 1. The second-order valence-electron chi connectivity index (χ2n) is 4.92. The highest BCUT2D eigenvalue weighted by Gasteiger charge is 2.28. The lowest BCUT2D eigenvalue weighted by atomic mass is 9.87. The summed E-state index contributed by atoms with van der Waals surface area (Å²) >= 11 is 1.88. The second kappa shape index (κ2) is 5.87. The molecule has 1 aromatic carbocycles. The molecule has 1 aliphatic carbocycles. The minimum Gasteiger partial charge on any atom is -0.316 e. The average molecular weight is 253 g/mol. The molecule has 1 saturated carbocycles. The minimum atomic E-state index is -0.156. The Bertz CT molecular complexity index is 352. The fourth-order valence-corrected chi connectivity index (χ4v) is 3.98. The Morgan fingerprint density at radius 2 is 1.94 bits per heavy atom. The van der Waals surface area contributed by atoms with Crippen molar-refractivity contribution in [2.24, 2.45) is 5.92 Å². The molecular weight excluding hydrogens is 233 g/mol. The average Bonchev–Trinajstić information content (AvgIpc) is 2.32. The van der Waals surface area contributed by atoms with Gasteiger partial charge >= 0.3 is 0 Å². The molecule has 0 aliphatic heterocycles. The van der Waals surface area contributed by atoms with Crippen molar-refractivity contribution in [2.75, 3.05) is 7.05 Å². The van der Waals surface area contributed by atoms with Crippen molar-refractivity contribution in [3.8, 4) is 0 Å². The maximum absolute atomic E-state index is 12.8. The first-order valence-electron chi connectivity index (χ1n) is 6.28. The third-order valence-electron chi connectivity index (χ3n) is 3.53. The maximum atomic E-state index is 12.8. The van der Waals surface area contributed by atoms with Crippen LogP contribution in [-0.2, 0) is 0 Å². The first kappa shape index (κ1) is 12.9. The summed E-state index contributed by atoms with van der Waals surface area (Å²) in [6.07, 6.45) is 3.80. The van der Waals surface area contributed by atoms with Gasteiger partial charge in [-0.05, 0) is 56.5 Å². The molecule has 0 saturated heterocycles. The summed E-state index contributed by atoms with van der Waals surface area (Å²) < 4.78 is 12.8. The molecule has 0 spiro atoms. The summed E-state index contributed by atoms with van der Waals surface area (Å²) in [7, 11) is 2.04. The molecular formula is C14H20FNS. The standard InChI is InChI=1S/C14H20FNS/c1-10-3-8-13(16-2)14(9-10)17-12-6-4-11(15)5-7-12/h4-7,10,13-14,16H,3,8-9H2,1-2H3. The molecule has 1 nitrogen and oxygen atoms in total. The zero-order valence-corrected chi connectivity index (χ0v) is 11.3. The van der Waals surface area contributed by atoms with Crippen LogP contribution in [0, 0.1) is 11.7 Å². The molecule has 1 N–H and O–H groups in total. The van der Waals surface area contributed by atoms with Crippen molar-refractivity contribution in [2.45, 2.75) is 42.4 Å². The Balaban J connectivity index is 2.02. The van der Waals surface area contributed by atoms with Crippen molar-refractivity contribution >= 4 is 11.8 Å². The van der Waals surface area contributed by atoms with E-state index in [0.29, 0.717) is 11.3 Å².